The van der Waals surface area contributed by atoms with Crippen LogP contribution in [0, 0.1) is 0 Å². The van der Waals surface area contributed by atoms with Gasteiger partial charge in [-0.3, -0.25) is 0 Å². The second kappa shape index (κ2) is 5.75. The van der Waals surface area contributed by atoms with Crippen molar-refractivity contribution in [1.82, 2.24) is 5.32 Å². The van der Waals surface area contributed by atoms with Crippen LogP contribution in [0.15, 0.2) is 12.2 Å². The maximum Gasteiger partial charge on any atom is 0.330 e. The average molecular weight is 183 g/mol. The lowest BCUT2D eigenvalue weighted by atomic mass is 10.0. The zero-order valence-corrected chi connectivity index (χ0v) is 8.08. The highest BCUT2D eigenvalue weighted by Crippen LogP contribution is 2.10. The minimum atomic E-state index is -0.268. The fraction of sp³-hybridized carbons (Fsp3) is 0.700. The van der Waals surface area contributed by atoms with Gasteiger partial charge in [-0.25, -0.2) is 4.79 Å². The predicted molar refractivity (Wildman–Crippen MR) is 51.4 cm³/mol. The van der Waals surface area contributed by atoms with E-state index in [0.717, 1.165) is 13.0 Å². The van der Waals surface area contributed by atoms with Gasteiger partial charge >= 0.3 is 5.97 Å². The molecule has 1 aliphatic heterocycles. The third-order valence-electron chi connectivity index (χ3n) is 2.29. The van der Waals surface area contributed by atoms with Crippen LogP contribution in [0.1, 0.15) is 25.7 Å². The van der Waals surface area contributed by atoms with E-state index in [0.29, 0.717) is 6.04 Å². The van der Waals surface area contributed by atoms with E-state index in [-0.39, 0.29) is 5.97 Å². The smallest absolute Gasteiger partial charge is 0.330 e. The zero-order chi connectivity index (χ0) is 9.52. The molecule has 1 unspecified atom stereocenters. The van der Waals surface area contributed by atoms with Crippen LogP contribution in [0.2, 0.25) is 0 Å². The minimum absolute atomic E-state index is 0.268. The molecule has 1 rings (SSSR count). The Labute approximate surface area is 79.2 Å². The van der Waals surface area contributed by atoms with Crippen LogP contribution in [-0.2, 0) is 9.53 Å². The van der Waals surface area contributed by atoms with Crippen molar-refractivity contribution in [3.63, 3.8) is 0 Å². The first-order chi connectivity index (χ1) is 6.33. The molecule has 0 aromatic heterocycles. The van der Waals surface area contributed by atoms with E-state index >= 15 is 0 Å². The van der Waals surface area contributed by atoms with Gasteiger partial charge in [-0.2, -0.15) is 0 Å². The van der Waals surface area contributed by atoms with Crippen LogP contribution < -0.4 is 5.32 Å². The van der Waals surface area contributed by atoms with Gasteiger partial charge in [0.1, 0.15) is 0 Å². The van der Waals surface area contributed by atoms with Crippen molar-refractivity contribution in [2.75, 3.05) is 13.7 Å². The van der Waals surface area contributed by atoms with Crippen LogP contribution in [-0.4, -0.2) is 25.7 Å². The summed E-state index contributed by atoms with van der Waals surface area (Å²) in [5, 5.41) is 3.41. The number of hydrogen-bond acceptors (Lipinski definition) is 3. The van der Waals surface area contributed by atoms with E-state index < -0.39 is 0 Å². The maximum atomic E-state index is 10.7. The highest BCUT2D eigenvalue weighted by molar-refractivity contribution is 5.81. The quantitative estimate of drug-likeness (QED) is 0.528. The minimum Gasteiger partial charge on any atom is -0.466 e. The number of hydrogen-bond donors (Lipinski definition) is 1. The summed E-state index contributed by atoms with van der Waals surface area (Å²) < 4.78 is 4.49. The Kier molecular flexibility index (Phi) is 4.54. The summed E-state index contributed by atoms with van der Waals surface area (Å²) >= 11 is 0. The monoisotopic (exact) mass is 183 g/mol. The Morgan fingerprint density at radius 2 is 2.46 bits per heavy atom. The highest BCUT2D eigenvalue weighted by atomic mass is 16.5. The van der Waals surface area contributed by atoms with E-state index in [1.807, 2.05) is 6.08 Å². The summed E-state index contributed by atoms with van der Waals surface area (Å²) in [4.78, 5) is 10.7. The van der Waals surface area contributed by atoms with E-state index in [2.05, 4.69) is 10.1 Å². The molecule has 1 heterocycles. The molecule has 1 saturated heterocycles. The Morgan fingerprint density at radius 3 is 3.08 bits per heavy atom. The largest absolute Gasteiger partial charge is 0.466 e. The third kappa shape index (κ3) is 4.08. The topological polar surface area (TPSA) is 38.3 Å². The molecule has 0 spiro atoms. The van der Waals surface area contributed by atoms with Gasteiger partial charge < -0.3 is 10.1 Å². The van der Waals surface area contributed by atoms with Crippen LogP contribution >= 0.6 is 0 Å². The molecule has 3 nitrogen and oxygen atoms in total. The maximum absolute atomic E-state index is 10.7. The number of piperidine rings is 1. The van der Waals surface area contributed by atoms with E-state index in [4.69, 9.17) is 0 Å². The highest BCUT2D eigenvalue weighted by Gasteiger charge is 2.09. The van der Waals surface area contributed by atoms with Crippen molar-refractivity contribution in [1.29, 1.82) is 0 Å². The van der Waals surface area contributed by atoms with Gasteiger partial charge in [0.05, 0.1) is 7.11 Å². The summed E-state index contributed by atoms with van der Waals surface area (Å²) in [6, 6.07) is 0.551. The number of rotatable bonds is 3. The van der Waals surface area contributed by atoms with Gasteiger partial charge in [0.2, 0.25) is 0 Å². The molecule has 0 radical (unpaired) electrons. The fourth-order valence-corrected chi connectivity index (χ4v) is 1.52. The van der Waals surface area contributed by atoms with Crippen molar-refractivity contribution in [3.05, 3.63) is 12.2 Å². The van der Waals surface area contributed by atoms with Crippen molar-refractivity contribution in [3.8, 4) is 0 Å². The molecule has 13 heavy (non-hydrogen) atoms. The molecular formula is C10H17NO2. The van der Waals surface area contributed by atoms with Crippen molar-refractivity contribution in [2.45, 2.75) is 31.7 Å². The van der Waals surface area contributed by atoms with Crippen LogP contribution in [0.4, 0.5) is 0 Å². The number of ether oxygens (including phenoxy) is 1. The molecule has 1 aliphatic rings. The SMILES string of the molecule is COC(=O)/C=C\CC1CCCCN1. The van der Waals surface area contributed by atoms with Gasteiger partial charge in [-0.05, 0) is 25.8 Å². The van der Waals surface area contributed by atoms with Gasteiger partial charge in [0, 0.05) is 12.1 Å². The first kappa shape index (κ1) is 10.3. The molecule has 0 saturated carbocycles. The standard InChI is InChI=1S/C10H17NO2/c1-13-10(12)7-4-6-9-5-2-3-8-11-9/h4,7,9,11H,2-3,5-6,8H2,1H3/b7-4-. The average Bonchev–Trinajstić information content (AvgIpc) is 2.19. The summed E-state index contributed by atoms with van der Waals surface area (Å²) in [6.45, 7) is 1.11. The molecule has 0 bridgehead atoms. The first-order valence-corrected chi connectivity index (χ1v) is 4.81. The lowest BCUT2D eigenvalue weighted by molar-refractivity contribution is -0.134. The first-order valence-electron chi connectivity index (χ1n) is 4.81. The molecule has 0 aromatic carbocycles. The molecule has 1 atom stereocenters. The number of carbonyl (C=O) groups excluding carboxylic acids is 1. The summed E-state index contributed by atoms with van der Waals surface area (Å²) in [6.07, 6.45) is 8.09. The Balaban J connectivity index is 2.16. The fourth-order valence-electron chi connectivity index (χ4n) is 1.52. The van der Waals surface area contributed by atoms with E-state index in [9.17, 15) is 4.79 Å². The number of carbonyl (C=O) groups is 1. The van der Waals surface area contributed by atoms with Crippen molar-refractivity contribution in [2.24, 2.45) is 0 Å². The number of nitrogens with one attached hydrogen (secondary N) is 1. The Hall–Kier alpha value is -0.830. The van der Waals surface area contributed by atoms with Gasteiger partial charge in [0.15, 0.2) is 0 Å². The van der Waals surface area contributed by atoms with Crippen LogP contribution in [0.3, 0.4) is 0 Å². The summed E-state index contributed by atoms with van der Waals surface area (Å²) in [5.41, 5.74) is 0. The second-order valence-electron chi connectivity index (χ2n) is 3.31. The zero-order valence-electron chi connectivity index (χ0n) is 8.08. The lowest BCUT2D eigenvalue weighted by Crippen LogP contribution is -2.33. The van der Waals surface area contributed by atoms with Crippen LogP contribution in [0.5, 0.6) is 0 Å². The van der Waals surface area contributed by atoms with E-state index in [1.165, 1.54) is 32.4 Å². The molecule has 0 amide bonds. The predicted octanol–water partition coefficient (Wildman–Crippen LogP) is 1.25. The molecule has 1 N–H and O–H groups in total. The Morgan fingerprint density at radius 1 is 1.62 bits per heavy atom. The normalized spacial score (nSPS) is 23.3. The summed E-state index contributed by atoms with van der Waals surface area (Å²) in [5.74, 6) is -0.268. The number of esters is 1. The van der Waals surface area contributed by atoms with Crippen LogP contribution in [0.25, 0.3) is 0 Å². The molecule has 3 heteroatoms. The lowest BCUT2D eigenvalue weighted by Gasteiger charge is -2.21. The molecule has 1 fully saturated rings. The third-order valence-corrected chi connectivity index (χ3v) is 2.29. The van der Waals surface area contributed by atoms with Gasteiger partial charge in [-0.1, -0.05) is 12.5 Å². The second-order valence-corrected chi connectivity index (χ2v) is 3.31. The molecular weight excluding hydrogens is 166 g/mol. The van der Waals surface area contributed by atoms with Gasteiger partial charge in [0.25, 0.3) is 0 Å². The summed E-state index contributed by atoms with van der Waals surface area (Å²) in [7, 11) is 1.39. The van der Waals surface area contributed by atoms with Crippen molar-refractivity contribution < 1.29 is 9.53 Å². The molecule has 74 valence electrons. The number of methoxy groups -OCH3 is 1. The molecule has 0 aromatic rings. The van der Waals surface area contributed by atoms with E-state index in [1.54, 1.807) is 0 Å². The molecule has 0 aliphatic carbocycles. The Bertz CT molecular complexity index is 183. The van der Waals surface area contributed by atoms with Gasteiger partial charge in [-0.15, -0.1) is 0 Å². The van der Waals surface area contributed by atoms with Crippen molar-refractivity contribution >= 4 is 5.97 Å².